The van der Waals surface area contributed by atoms with Gasteiger partial charge >= 0.3 is 6.18 Å². The Labute approximate surface area is 161 Å². The van der Waals surface area contributed by atoms with E-state index in [4.69, 9.17) is 11.6 Å². The molecule has 27 heavy (non-hydrogen) atoms. The fourth-order valence-electron chi connectivity index (χ4n) is 3.01. The van der Waals surface area contributed by atoms with Crippen LogP contribution in [0.3, 0.4) is 0 Å². The van der Waals surface area contributed by atoms with E-state index < -0.39 is 22.7 Å². The minimum absolute atomic E-state index is 0.0257. The van der Waals surface area contributed by atoms with Gasteiger partial charge in [-0.2, -0.15) is 13.2 Å². The average molecular weight is 406 g/mol. The molecule has 0 saturated carbocycles. The van der Waals surface area contributed by atoms with Gasteiger partial charge in [-0.25, -0.2) is 0 Å². The Bertz CT molecular complexity index is 697. The summed E-state index contributed by atoms with van der Waals surface area (Å²) < 4.78 is 38.6. The highest BCUT2D eigenvalue weighted by atomic mass is 35.5. The van der Waals surface area contributed by atoms with Gasteiger partial charge in [0.1, 0.15) is 0 Å². The van der Waals surface area contributed by atoms with Gasteiger partial charge in [-0.05, 0) is 44.5 Å². The highest BCUT2D eigenvalue weighted by Crippen LogP contribution is 2.36. The third kappa shape index (κ3) is 6.10. The molecule has 2 amide bonds. The molecule has 1 aromatic rings. The van der Waals surface area contributed by atoms with Gasteiger partial charge < -0.3 is 10.2 Å². The second-order valence-corrected chi connectivity index (χ2v) is 7.21. The van der Waals surface area contributed by atoms with Crippen LogP contribution in [0.4, 0.5) is 18.9 Å². The molecular weight excluding hydrogens is 383 g/mol. The summed E-state index contributed by atoms with van der Waals surface area (Å²) in [5.41, 5.74) is -1.05. The van der Waals surface area contributed by atoms with Crippen molar-refractivity contribution < 1.29 is 22.8 Å². The van der Waals surface area contributed by atoms with Gasteiger partial charge in [-0.1, -0.05) is 18.0 Å². The first-order chi connectivity index (χ1) is 12.6. The highest BCUT2D eigenvalue weighted by Gasteiger charge is 2.33. The highest BCUT2D eigenvalue weighted by molar-refractivity contribution is 6.31. The van der Waals surface area contributed by atoms with Crippen molar-refractivity contribution in [3.63, 3.8) is 0 Å². The number of piperidine rings is 1. The summed E-state index contributed by atoms with van der Waals surface area (Å²) in [6.07, 6.45) is -1.39. The maximum Gasteiger partial charge on any atom is 0.417 e. The quantitative estimate of drug-likeness (QED) is 0.813. The lowest BCUT2D eigenvalue weighted by Crippen LogP contribution is -2.46. The van der Waals surface area contributed by atoms with Crippen molar-refractivity contribution in [1.82, 2.24) is 9.80 Å². The Morgan fingerprint density at radius 3 is 2.67 bits per heavy atom. The number of anilines is 1. The summed E-state index contributed by atoms with van der Waals surface area (Å²) in [5, 5.41) is 1.93. The predicted molar refractivity (Wildman–Crippen MR) is 97.6 cm³/mol. The van der Waals surface area contributed by atoms with Gasteiger partial charge in [0.05, 0.1) is 23.7 Å². The number of alkyl halides is 3. The summed E-state index contributed by atoms with van der Waals surface area (Å²) in [6.45, 7) is 2.89. The molecule has 150 valence electrons. The van der Waals surface area contributed by atoms with Crippen LogP contribution in [0.5, 0.6) is 0 Å². The Balaban J connectivity index is 1.92. The van der Waals surface area contributed by atoms with Gasteiger partial charge in [0.2, 0.25) is 11.8 Å². The molecule has 1 aliphatic rings. The topological polar surface area (TPSA) is 52.7 Å². The number of likely N-dealkylation sites (N-methyl/N-ethyl adjacent to an activating group) is 1. The number of hydrogen-bond donors (Lipinski definition) is 1. The molecule has 1 saturated heterocycles. The second kappa shape index (κ2) is 8.93. The predicted octanol–water partition coefficient (Wildman–Crippen LogP) is 3.63. The smallest absolute Gasteiger partial charge is 0.335 e. The SMILES string of the molecule is CC1CCCCN1CC(=O)N(C)CC(=O)Nc1ccc(Cl)c(C(F)(F)F)c1. The Morgan fingerprint density at radius 1 is 1.33 bits per heavy atom. The summed E-state index contributed by atoms with van der Waals surface area (Å²) >= 11 is 5.56. The van der Waals surface area contributed by atoms with Crippen molar-refractivity contribution in [3.05, 3.63) is 28.8 Å². The second-order valence-electron chi connectivity index (χ2n) is 6.81. The number of nitrogens with one attached hydrogen (secondary N) is 1. The van der Waals surface area contributed by atoms with E-state index in [-0.39, 0.29) is 24.7 Å². The lowest BCUT2D eigenvalue weighted by molar-refractivity contribution is -0.137. The molecule has 0 aromatic heterocycles. The van der Waals surface area contributed by atoms with E-state index in [2.05, 4.69) is 17.1 Å². The standard InChI is InChI=1S/C18H23ClF3N3O2/c1-12-5-3-4-8-25(12)11-17(27)24(2)10-16(26)23-13-6-7-15(19)14(9-13)18(20,21)22/h6-7,9,12H,3-5,8,10-11H2,1-2H3,(H,23,26). The number of benzene rings is 1. The molecule has 1 atom stereocenters. The number of hydrogen-bond acceptors (Lipinski definition) is 3. The van der Waals surface area contributed by atoms with Crippen LogP contribution in [0.1, 0.15) is 31.7 Å². The van der Waals surface area contributed by atoms with Gasteiger partial charge in [0.25, 0.3) is 0 Å². The zero-order valence-electron chi connectivity index (χ0n) is 15.3. The minimum Gasteiger partial charge on any atom is -0.335 e. The van der Waals surface area contributed by atoms with Crippen molar-refractivity contribution in [3.8, 4) is 0 Å². The third-order valence-corrected chi connectivity index (χ3v) is 4.97. The monoisotopic (exact) mass is 405 g/mol. The van der Waals surface area contributed by atoms with Crippen molar-refractivity contribution in [1.29, 1.82) is 0 Å². The molecule has 0 radical (unpaired) electrons. The minimum atomic E-state index is -4.62. The van der Waals surface area contributed by atoms with Crippen LogP contribution in [0.2, 0.25) is 5.02 Å². The van der Waals surface area contributed by atoms with Crippen LogP contribution in [0, 0.1) is 0 Å². The van der Waals surface area contributed by atoms with Gasteiger partial charge in [-0.15, -0.1) is 0 Å². The number of nitrogens with zero attached hydrogens (tertiary/aromatic N) is 2. The van der Waals surface area contributed by atoms with Crippen LogP contribution >= 0.6 is 11.6 Å². The number of rotatable bonds is 5. The first-order valence-corrected chi connectivity index (χ1v) is 9.10. The Hall–Kier alpha value is -1.80. The van der Waals surface area contributed by atoms with Crippen molar-refractivity contribution in [2.75, 3.05) is 32.0 Å². The van der Waals surface area contributed by atoms with Crippen LogP contribution in [-0.4, -0.2) is 54.3 Å². The van der Waals surface area contributed by atoms with Crippen LogP contribution in [-0.2, 0) is 15.8 Å². The molecule has 0 spiro atoms. The van der Waals surface area contributed by atoms with Gasteiger partial charge in [0, 0.05) is 18.8 Å². The number of halogens is 4. The zero-order valence-corrected chi connectivity index (χ0v) is 16.0. The van der Waals surface area contributed by atoms with E-state index in [1.54, 1.807) is 0 Å². The van der Waals surface area contributed by atoms with Gasteiger partial charge in [-0.3, -0.25) is 14.5 Å². The molecule has 5 nitrogen and oxygen atoms in total. The summed E-state index contributed by atoms with van der Waals surface area (Å²) in [5.74, 6) is -0.779. The van der Waals surface area contributed by atoms with Crippen molar-refractivity contribution in [2.24, 2.45) is 0 Å². The number of likely N-dealkylation sites (tertiary alicyclic amines) is 1. The fraction of sp³-hybridized carbons (Fsp3) is 0.556. The molecule has 1 N–H and O–H groups in total. The Kier molecular flexibility index (Phi) is 7.11. The maximum atomic E-state index is 12.9. The normalized spacial score (nSPS) is 18.2. The van der Waals surface area contributed by atoms with Crippen LogP contribution in [0.25, 0.3) is 0 Å². The van der Waals surface area contributed by atoms with E-state index >= 15 is 0 Å². The van der Waals surface area contributed by atoms with E-state index in [0.717, 1.165) is 37.9 Å². The lowest BCUT2D eigenvalue weighted by atomic mass is 10.0. The molecule has 1 fully saturated rings. The molecule has 1 unspecified atom stereocenters. The van der Waals surface area contributed by atoms with Crippen LogP contribution < -0.4 is 5.32 Å². The first-order valence-electron chi connectivity index (χ1n) is 8.72. The maximum absolute atomic E-state index is 12.9. The van der Waals surface area contributed by atoms with Crippen LogP contribution in [0.15, 0.2) is 18.2 Å². The summed E-state index contributed by atoms with van der Waals surface area (Å²) in [7, 11) is 1.50. The van der Waals surface area contributed by atoms with Crippen molar-refractivity contribution in [2.45, 2.75) is 38.4 Å². The van der Waals surface area contributed by atoms with E-state index in [0.29, 0.717) is 6.04 Å². The molecule has 0 bridgehead atoms. The van der Waals surface area contributed by atoms with E-state index in [1.165, 1.54) is 18.0 Å². The average Bonchev–Trinajstić information content (AvgIpc) is 2.57. The number of amides is 2. The summed E-state index contributed by atoms with van der Waals surface area (Å²) in [6, 6.07) is 3.45. The molecule has 1 aliphatic heterocycles. The number of carbonyl (C=O) groups excluding carboxylic acids is 2. The molecule has 0 aliphatic carbocycles. The third-order valence-electron chi connectivity index (χ3n) is 4.64. The van der Waals surface area contributed by atoms with E-state index in [1.807, 2.05) is 0 Å². The van der Waals surface area contributed by atoms with Crippen molar-refractivity contribution >= 4 is 29.1 Å². The van der Waals surface area contributed by atoms with Gasteiger partial charge in [0.15, 0.2) is 0 Å². The molecular formula is C18H23ClF3N3O2. The molecule has 1 aromatic carbocycles. The largest absolute Gasteiger partial charge is 0.417 e. The number of carbonyl (C=O) groups is 2. The first kappa shape index (κ1) is 21.5. The molecule has 9 heteroatoms. The van der Waals surface area contributed by atoms with E-state index in [9.17, 15) is 22.8 Å². The lowest BCUT2D eigenvalue weighted by Gasteiger charge is -2.33. The summed E-state index contributed by atoms with van der Waals surface area (Å²) in [4.78, 5) is 27.8. The zero-order chi connectivity index (χ0) is 20.2. The fourth-order valence-corrected chi connectivity index (χ4v) is 3.24. The molecule has 2 rings (SSSR count). The molecule has 1 heterocycles. The Morgan fingerprint density at radius 2 is 2.04 bits per heavy atom.